The van der Waals surface area contributed by atoms with E-state index in [0.717, 1.165) is 34.5 Å². The zero-order valence-corrected chi connectivity index (χ0v) is 13.5. The van der Waals surface area contributed by atoms with Gasteiger partial charge in [-0.1, -0.05) is 12.1 Å². The first-order chi connectivity index (χ1) is 9.51. The summed E-state index contributed by atoms with van der Waals surface area (Å²) in [4.78, 5) is 2.21. The molecule has 0 saturated heterocycles. The smallest absolute Gasteiger partial charge is 0.0991 e. The molecule has 1 aromatic heterocycles. The third-order valence-electron chi connectivity index (χ3n) is 3.19. The molecule has 2 aromatic rings. The third-order valence-corrected chi connectivity index (χ3v) is 4.22. The number of hydrogen-bond acceptors (Lipinski definition) is 3. The molecule has 0 fully saturated rings. The second-order valence-corrected chi connectivity index (χ2v) is 5.75. The van der Waals surface area contributed by atoms with E-state index in [1.165, 1.54) is 0 Å². The fraction of sp³-hybridized carbons (Fsp3) is 0.333. The molecule has 0 atom stereocenters. The largest absolute Gasteiger partial charge is 0.296 e. The lowest BCUT2D eigenvalue weighted by Crippen LogP contribution is -2.19. The SMILES string of the molecule is Cc1nn(C)c(CN(C)Cc2cccc(C#N)c2)c1Br. The van der Waals surface area contributed by atoms with Crippen LogP contribution in [0.1, 0.15) is 22.5 Å². The van der Waals surface area contributed by atoms with E-state index in [4.69, 9.17) is 5.26 Å². The highest BCUT2D eigenvalue weighted by Gasteiger charge is 2.12. The van der Waals surface area contributed by atoms with Gasteiger partial charge in [0.05, 0.1) is 27.5 Å². The molecule has 4 nitrogen and oxygen atoms in total. The quantitative estimate of drug-likeness (QED) is 0.864. The summed E-state index contributed by atoms with van der Waals surface area (Å²) in [5.74, 6) is 0. The molecule has 1 heterocycles. The van der Waals surface area contributed by atoms with E-state index >= 15 is 0 Å². The molecule has 0 aliphatic rings. The van der Waals surface area contributed by atoms with Gasteiger partial charge in [0.1, 0.15) is 0 Å². The van der Waals surface area contributed by atoms with Gasteiger partial charge in [0.25, 0.3) is 0 Å². The Hall–Kier alpha value is -1.64. The van der Waals surface area contributed by atoms with Crippen molar-refractivity contribution in [2.45, 2.75) is 20.0 Å². The Bertz CT molecular complexity index is 654. The first-order valence-corrected chi connectivity index (χ1v) is 7.16. The summed E-state index contributed by atoms with van der Waals surface area (Å²) in [5.41, 5.74) is 4.00. The molecular weight excluding hydrogens is 316 g/mol. The van der Waals surface area contributed by atoms with E-state index in [1.807, 2.05) is 42.9 Å². The van der Waals surface area contributed by atoms with Crippen LogP contribution in [0.25, 0.3) is 0 Å². The van der Waals surface area contributed by atoms with E-state index in [-0.39, 0.29) is 0 Å². The Labute approximate surface area is 127 Å². The summed E-state index contributed by atoms with van der Waals surface area (Å²) >= 11 is 3.58. The molecule has 2 rings (SSSR count). The van der Waals surface area contributed by atoms with Crippen LogP contribution in [-0.2, 0) is 20.1 Å². The lowest BCUT2D eigenvalue weighted by molar-refractivity contribution is 0.309. The summed E-state index contributed by atoms with van der Waals surface area (Å²) in [6, 6.07) is 9.89. The van der Waals surface area contributed by atoms with Gasteiger partial charge in [-0.25, -0.2) is 0 Å². The van der Waals surface area contributed by atoms with Gasteiger partial charge >= 0.3 is 0 Å². The van der Waals surface area contributed by atoms with Crippen molar-refractivity contribution in [2.24, 2.45) is 7.05 Å². The average molecular weight is 333 g/mol. The number of nitriles is 1. The minimum absolute atomic E-state index is 0.702. The highest BCUT2D eigenvalue weighted by Crippen LogP contribution is 2.21. The van der Waals surface area contributed by atoms with Crippen LogP contribution in [0.3, 0.4) is 0 Å². The van der Waals surface area contributed by atoms with Crippen LogP contribution >= 0.6 is 15.9 Å². The van der Waals surface area contributed by atoms with Gasteiger partial charge in [0.2, 0.25) is 0 Å². The summed E-state index contributed by atoms with van der Waals surface area (Å²) < 4.78 is 2.97. The van der Waals surface area contributed by atoms with Gasteiger partial charge in [0, 0.05) is 20.1 Å². The van der Waals surface area contributed by atoms with Gasteiger partial charge in [-0.2, -0.15) is 10.4 Å². The van der Waals surface area contributed by atoms with Crippen molar-refractivity contribution in [3.05, 3.63) is 51.3 Å². The van der Waals surface area contributed by atoms with Crippen molar-refractivity contribution in [2.75, 3.05) is 7.05 Å². The van der Waals surface area contributed by atoms with Crippen LogP contribution in [-0.4, -0.2) is 21.7 Å². The van der Waals surface area contributed by atoms with Crippen molar-refractivity contribution in [1.29, 1.82) is 5.26 Å². The molecule has 20 heavy (non-hydrogen) atoms. The van der Waals surface area contributed by atoms with E-state index in [0.29, 0.717) is 5.56 Å². The zero-order valence-electron chi connectivity index (χ0n) is 11.9. The third kappa shape index (κ3) is 3.27. The summed E-state index contributed by atoms with van der Waals surface area (Å²) in [5, 5.41) is 13.3. The van der Waals surface area contributed by atoms with E-state index < -0.39 is 0 Å². The molecule has 0 unspecified atom stereocenters. The molecule has 0 aliphatic heterocycles. The molecule has 0 radical (unpaired) electrons. The molecular formula is C15H17BrN4. The van der Waals surface area contributed by atoms with Crippen molar-refractivity contribution in [1.82, 2.24) is 14.7 Å². The number of hydrogen-bond donors (Lipinski definition) is 0. The molecule has 1 aromatic carbocycles. The maximum absolute atomic E-state index is 8.93. The first-order valence-electron chi connectivity index (χ1n) is 6.37. The number of aryl methyl sites for hydroxylation is 2. The van der Waals surface area contributed by atoms with Gasteiger partial charge < -0.3 is 0 Å². The standard InChI is InChI=1S/C15H17BrN4/c1-11-15(16)14(20(3)18-11)10-19(2)9-13-6-4-5-12(7-13)8-17/h4-7H,9-10H2,1-3H3. The van der Waals surface area contributed by atoms with Crippen molar-refractivity contribution >= 4 is 15.9 Å². The Morgan fingerprint density at radius 1 is 1.40 bits per heavy atom. The second-order valence-electron chi connectivity index (χ2n) is 4.95. The lowest BCUT2D eigenvalue weighted by atomic mass is 10.1. The molecule has 0 bridgehead atoms. The van der Waals surface area contributed by atoms with Crippen LogP contribution in [0.4, 0.5) is 0 Å². The lowest BCUT2D eigenvalue weighted by Gasteiger charge is -2.17. The summed E-state index contributed by atoms with van der Waals surface area (Å²) in [6.07, 6.45) is 0. The maximum atomic E-state index is 8.93. The minimum atomic E-state index is 0.702. The summed E-state index contributed by atoms with van der Waals surface area (Å²) in [7, 11) is 4.02. The Morgan fingerprint density at radius 2 is 2.15 bits per heavy atom. The molecule has 0 aliphatic carbocycles. The van der Waals surface area contributed by atoms with Crippen LogP contribution in [0.15, 0.2) is 28.7 Å². The number of benzene rings is 1. The van der Waals surface area contributed by atoms with Crippen molar-refractivity contribution in [3.63, 3.8) is 0 Å². The van der Waals surface area contributed by atoms with Crippen LogP contribution in [0.2, 0.25) is 0 Å². The van der Waals surface area contributed by atoms with Gasteiger partial charge in [-0.05, 0) is 47.6 Å². The molecule has 0 saturated carbocycles. The van der Waals surface area contributed by atoms with Crippen molar-refractivity contribution in [3.8, 4) is 6.07 Å². The van der Waals surface area contributed by atoms with E-state index in [2.05, 4.69) is 39.0 Å². The normalized spacial score (nSPS) is 10.8. The fourth-order valence-electron chi connectivity index (χ4n) is 2.21. The van der Waals surface area contributed by atoms with Crippen molar-refractivity contribution < 1.29 is 0 Å². The van der Waals surface area contributed by atoms with E-state index in [9.17, 15) is 0 Å². The Balaban J connectivity index is 2.09. The zero-order chi connectivity index (χ0) is 14.7. The minimum Gasteiger partial charge on any atom is -0.296 e. The Kier molecular flexibility index (Phi) is 4.58. The van der Waals surface area contributed by atoms with E-state index in [1.54, 1.807) is 0 Å². The molecule has 5 heteroatoms. The molecule has 104 valence electrons. The number of nitrogens with zero attached hydrogens (tertiary/aromatic N) is 4. The summed E-state index contributed by atoms with van der Waals surface area (Å²) in [6.45, 7) is 3.59. The molecule has 0 amide bonds. The topological polar surface area (TPSA) is 44.9 Å². The number of rotatable bonds is 4. The molecule has 0 N–H and O–H groups in total. The predicted molar refractivity (Wildman–Crippen MR) is 82.0 cm³/mol. The van der Waals surface area contributed by atoms with Gasteiger partial charge in [0.15, 0.2) is 0 Å². The number of halogens is 1. The van der Waals surface area contributed by atoms with Gasteiger partial charge in [-0.3, -0.25) is 9.58 Å². The fourth-order valence-corrected chi connectivity index (χ4v) is 2.68. The monoisotopic (exact) mass is 332 g/mol. The highest BCUT2D eigenvalue weighted by atomic mass is 79.9. The van der Waals surface area contributed by atoms with Crippen LogP contribution < -0.4 is 0 Å². The second kappa shape index (κ2) is 6.21. The number of aromatic nitrogens is 2. The maximum Gasteiger partial charge on any atom is 0.0991 e. The van der Waals surface area contributed by atoms with Crippen LogP contribution in [0.5, 0.6) is 0 Å². The first kappa shape index (κ1) is 14.8. The molecule has 0 spiro atoms. The average Bonchev–Trinajstić information content (AvgIpc) is 2.65. The predicted octanol–water partition coefficient (Wildman–Crippen LogP) is 2.99. The highest BCUT2D eigenvalue weighted by molar-refractivity contribution is 9.10. The van der Waals surface area contributed by atoms with Crippen LogP contribution in [0, 0.1) is 18.3 Å². The Morgan fingerprint density at radius 3 is 2.75 bits per heavy atom. The van der Waals surface area contributed by atoms with Gasteiger partial charge in [-0.15, -0.1) is 0 Å².